The number of carbonyl (C=O) groups is 3. The number of hydrogen-bond acceptors (Lipinski definition) is 8. The molecule has 0 saturated carbocycles. The molecule has 4 heterocycles. The van der Waals surface area contributed by atoms with Crippen LogP contribution in [0.4, 0.5) is 5.00 Å². The van der Waals surface area contributed by atoms with E-state index in [1.54, 1.807) is 13.0 Å². The predicted molar refractivity (Wildman–Crippen MR) is 130 cm³/mol. The highest BCUT2D eigenvalue weighted by Crippen LogP contribution is 2.38. The molecule has 2 aromatic heterocycles. The van der Waals surface area contributed by atoms with Gasteiger partial charge in [0.05, 0.1) is 34.3 Å². The number of hydrogen-bond donors (Lipinski definition) is 0. The van der Waals surface area contributed by atoms with Gasteiger partial charge in [-0.2, -0.15) is 4.31 Å². The highest BCUT2D eigenvalue weighted by atomic mass is 32.2. The fourth-order valence-corrected chi connectivity index (χ4v) is 6.98. The van der Waals surface area contributed by atoms with E-state index in [9.17, 15) is 22.8 Å². The summed E-state index contributed by atoms with van der Waals surface area (Å²) in [7, 11) is -2.51. The molecule has 0 atom stereocenters. The number of piperidine rings is 1. The lowest BCUT2D eigenvalue weighted by Gasteiger charge is -2.29. The number of sulfonamides is 1. The molecule has 182 valence electrons. The van der Waals surface area contributed by atoms with Gasteiger partial charge >= 0.3 is 5.97 Å². The van der Waals surface area contributed by atoms with Crippen molar-refractivity contribution in [3.05, 3.63) is 52.0 Å². The maximum Gasteiger partial charge on any atom is 0.348 e. The second kappa shape index (κ2) is 8.51. The van der Waals surface area contributed by atoms with Crippen molar-refractivity contribution in [1.82, 2.24) is 9.29 Å². The number of methoxy groups -OCH3 is 1. The lowest BCUT2D eigenvalue weighted by Crippen LogP contribution is -2.37. The van der Waals surface area contributed by atoms with Gasteiger partial charge in [-0.3, -0.25) is 14.6 Å². The first kappa shape index (κ1) is 23.6. The summed E-state index contributed by atoms with van der Waals surface area (Å²) >= 11 is 0.965. The minimum absolute atomic E-state index is 0.0650. The number of aryl methyl sites for hydroxylation is 1. The topological polar surface area (TPSA) is 114 Å². The molecule has 2 aliphatic rings. The average molecular weight is 514 g/mol. The standard InChI is InChI=1S/C24H23N3O6S2/c1-13-8-10-26(11-9-13)35(31,32)15-4-5-17-16(12-15)21-20(14(2)25-17)22(28)27(23(21)29)19-7-6-18(34-19)24(30)33-3/h4-7,12-13H,8-11H2,1-3H3. The van der Waals surface area contributed by atoms with Gasteiger partial charge in [-0.05, 0) is 56.0 Å². The van der Waals surface area contributed by atoms with E-state index in [-0.39, 0.29) is 25.9 Å². The molecule has 0 spiro atoms. The van der Waals surface area contributed by atoms with Crippen LogP contribution in [0.1, 0.15) is 55.8 Å². The highest BCUT2D eigenvalue weighted by molar-refractivity contribution is 7.89. The minimum Gasteiger partial charge on any atom is -0.465 e. The smallest absolute Gasteiger partial charge is 0.348 e. The van der Waals surface area contributed by atoms with Crippen LogP contribution in [0.15, 0.2) is 35.2 Å². The molecule has 35 heavy (non-hydrogen) atoms. The Hall–Kier alpha value is -3.15. The van der Waals surface area contributed by atoms with Crippen molar-refractivity contribution in [1.29, 1.82) is 0 Å². The van der Waals surface area contributed by atoms with E-state index in [0.29, 0.717) is 35.6 Å². The molecule has 0 unspecified atom stereocenters. The average Bonchev–Trinajstić information content (AvgIpc) is 3.41. The molecular formula is C24H23N3O6S2. The first-order valence-corrected chi connectivity index (χ1v) is 13.4. The van der Waals surface area contributed by atoms with E-state index < -0.39 is 27.8 Å². The normalized spacial score (nSPS) is 17.3. The van der Waals surface area contributed by atoms with Crippen molar-refractivity contribution < 1.29 is 27.5 Å². The van der Waals surface area contributed by atoms with Crippen molar-refractivity contribution in [3.8, 4) is 0 Å². The van der Waals surface area contributed by atoms with Gasteiger partial charge in [0.1, 0.15) is 9.88 Å². The molecule has 9 nitrogen and oxygen atoms in total. The first-order valence-electron chi connectivity index (χ1n) is 11.1. The molecule has 5 rings (SSSR count). The summed E-state index contributed by atoms with van der Waals surface area (Å²) in [5.74, 6) is -1.24. The third kappa shape index (κ3) is 3.74. The Labute approximate surface area is 206 Å². The third-order valence-electron chi connectivity index (χ3n) is 6.55. The number of pyridine rings is 1. The maximum atomic E-state index is 13.5. The molecule has 2 amide bonds. The summed E-state index contributed by atoms with van der Waals surface area (Å²) in [6.45, 7) is 4.63. The quantitative estimate of drug-likeness (QED) is 0.387. The largest absolute Gasteiger partial charge is 0.465 e. The van der Waals surface area contributed by atoms with Gasteiger partial charge in [0.15, 0.2) is 0 Å². The third-order valence-corrected chi connectivity index (χ3v) is 9.50. The molecular weight excluding hydrogens is 490 g/mol. The molecule has 1 aromatic carbocycles. The van der Waals surface area contributed by atoms with Gasteiger partial charge in [-0.15, -0.1) is 11.3 Å². The SMILES string of the molecule is COC(=O)c1ccc(N2C(=O)c3c(C)nc4ccc(S(=O)(=O)N5CCC(C)CC5)cc4c3C2=O)s1. The molecule has 0 aliphatic carbocycles. The first-order chi connectivity index (χ1) is 16.6. The van der Waals surface area contributed by atoms with E-state index >= 15 is 0 Å². The maximum absolute atomic E-state index is 13.5. The number of carbonyl (C=O) groups excluding carboxylic acids is 3. The predicted octanol–water partition coefficient (Wildman–Crippen LogP) is 3.61. The van der Waals surface area contributed by atoms with Gasteiger partial charge in [-0.1, -0.05) is 6.92 Å². The van der Waals surface area contributed by atoms with Crippen LogP contribution in [0, 0.1) is 12.8 Å². The number of aromatic nitrogens is 1. The number of thiophene rings is 1. The highest BCUT2D eigenvalue weighted by Gasteiger charge is 2.41. The van der Waals surface area contributed by atoms with Crippen LogP contribution >= 0.6 is 11.3 Å². The van der Waals surface area contributed by atoms with Crippen LogP contribution < -0.4 is 4.90 Å². The number of rotatable bonds is 4. The van der Waals surface area contributed by atoms with E-state index in [4.69, 9.17) is 4.74 Å². The van der Waals surface area contributed by atoms with E-state index in [1.165, 1.54) is 35.7 Å². The monoisotopic (exact) mass is 513 g/mol. The van der Waals surface area contributed by atoms with Crippen LogP contribution in [-0.4, -0.2) is 55.7 Å². The molecule has 1 saturated heterocycles. The van der Waals surface area contributed by atoms with Crippen molar-refractivity contribution in [2.75, 3.05) is 25.1 Å². The fraction of sp³-hybridized carbons (Fsp3) is 0.333. The molecule has 0 N–H and O–H groups in total. The van der Waals surface area contributed by atoms with Gasteiger partial charge in [0, 0.05) is 18.5 Å². The lowest BCUT2D eigenvalue weighted by atomic mass is 10.0. The number of fused-ring (bicyclic) bond motifs is 3. The van der Waals surface area contributed by atoms with E-state index in [2.05, 4.69) is 11.9 Å². The number of nitrogens with zero attached hydrogens (tertiary/aromatic N) is 3. The molecule has 11 heteroatoms. The zero-order valence-corrected chi connectivity index (χ0v) is 21.0. The summed E-state index contributed by atoms with van der Waals surface area (Å²) in [5, 5.41) is 0.581. The Morgan fingerprint density at radius 3 is 2.46 bits per heavy atom. The lowest BCUT2D eigenvalue weighted by molar-refractivity contribution is 0.0605. The van der Waals surface area contributed by atoms with Crippen molar-refractivity contribution in [2.45, 2.75) is 31.6 Å². The summed E-state index contributed by atoms with van der Waals surface area (Å²) in [4.78, 5) is 44.5. The van der Waals surface area contributed by atoms with Crippen molar-refractivity contribution >= 4 is 55.0 Å². The van der Waals surface area contributed by atoms with Crippen LogP contribution in [-0.2, 0) is 14.8 Å². The van der Waals surface area contributed by atoms with Gasteiger partial charge in [0.25, 0.3) is 11.8 Å². The molecule has 1 fully saturated rings. The summed E-state index contributed by atoms with van der Waals surface area (Å²) in [6, 6.07) is 7.51. The van der Waals surface area contributed by atoms with Gasteiger partial charge in [-0.25, -0.2) is 18.1 Å². The van der Waals surface area contributed by atoms with Crippen LogP contribution in [0.2, 0.25) is 0 Å². The zero-order valence-electron chi connectivity index (χ0n) is 19.4. The van der Waals surface area contributed by atoms with Crippen LogP contribution in [0.3, 0.4) is 0 Å². The summed E-state index contributed by atoms with van der Waals surface area (Å²) in [5.41, 5.74) is 1.06. The Morgan fingerprint density at radius 2 is 1.77 bits per heavy atom. The van der Waals surface area contributed by atoms with Gasteiger partial charge < -0.3 is 4.74 Å². The Morgan fingerprint density at radius 1 is 1.09 bits per heavy atom. The Balaban J connectivity index is 1.60. The Kier molecular flexibility index (Phi) is 5.73. The minimum atomic E-state index is -3.76. The van der Waals surface area contributed by atoms with E-state index in [0.717, 1.165) is 29.1 Å². The number of amides is 2. The summed E-state index contributed by atoms with van der Waals surface area (Å²) in [6.07, 6.45) is 1.58. The number of benzene rings is 1. The molecule has 0 bridgehead atoms. The number of imide groups is 1. The van der Waals surface area contributed by atoms with Crippen molar-refractivity contribution in [2.24, 2.45) is 5.92 Å². The number of ether oxygens (including phenoxy) is 1. The second-order valence-corrected chi connectivity index (χ2v) is 11.8. The van der Waals surface area contributed by atoms with E-state index in [1.807, 2.05) is 0 Å². The molecule has 2 aliphatic heterocycles. The number of anilines is 1. The van der Waals surface area contributed by atoms with Crippen LogP contribution in [0.25, 0.3) is 10.9 Å². The van der Waals surface area contributed by atoms with Gasteiger partial charge in [0.2, 0.25) is 10.0 Å². The number of esters is 1. The van der Waals surface area contributed by atoms with Crippen molar-refractivity contribution in [3.63, 3.8) is 0 Å². The zero-order chi connectivity index (χ0) is 25.1. The Bertz CT molecular complexity index is 1500. The molecule has 3 aromatic rings. The second-order valence-electron chi connectivity index (χ2n) is 8.79. The molecule has 0 radical (unpaired) electrons. The van der Waals surface area contributed by atoms with Crippen LogP contribution in [0.5, 0.6) is 0 Å². The fourth-order valence-electron chi connectivity index (χ4n) is 4.56. The summed E-state index contributed by atoms with van der Waals surface area (Å²) < 4.78 is 32.9.